The minimum Gasteiger partial charge on any atom is -0.386 e. The molecule has 0 aromatic carbocycles. The zero-order valence-electron chi connectivity index (χ0n) is 6.49. The Hall–Kier alpha value is 0.235. The van der Waals surface area contributed by atoms with Crippen molar-refractivity contribution in [3.8, 4) is 9.85 Å². The van der Waals surface area contributed by atoms with Crippen molar-refractivity contribution in [2.45, 2.75) is 30.7 Å². The van der Waals surface area contributed by atoms with Gasteiger partial charge in [-0.1, -0.05) is 5.92 Å². The summed E-state index contributed by atoms with van der Waals surface area (Å²) in [6.07, 6.45) is -1.53. The first-order valence-corrected chi connectivity index (χ1v) is 4.54. The van der Waals surface area contributed by atoms with Crippen LogP contribution in [0.1, 0.15) is 6.92 Å². The largest absolute Gasteiger partial charge is 0.386 e. The molecule has 2 N–H and O–H groups in total. The van der Waals surface area contributed by atoms with Crippen LogP contribution >= 0.6 is 22.6 Å². The highest BCUT2D eigenvalue weighted by Crippen LogP contribution is 2.28. The van der Waals surface area contributed by atoms with E-state index in [0.717, 1.165) is 0 Å². The first kappa shape index (κ1) is 10.3. The van der Waals surface area contributed by atoms with Gasteiger partial charge in [-0.05, 0) is 10.9 Å². The summed E-state index contributed by atoms with van der Waals surface area (Å²) in [6, 6.07) is -0.940. The Balaban J connectivity index is 2.92. The molecule has 0 aromatic rings. The molecular weight excluding hydrogens is 270 g/mol. The van der Waals surface area contributed by atoms with Crippen LogP contribution in [0, 0.1) is 9.85 Å². The molecule has 1 heterocycles. The summed E-state index contributed by atoms with van der Waals surface area (Å²) < 4.78 is 7.50. The second-order valence-electron chi connectivity index (χ2n) is 2.75. The van der Waals surface area contributed by atoms with Crippen LogP contribution in [0.5, 0.6) is 0 Å². The van der Waals surface area contributed by atoms with Crippen molar-refractivity contribution < 1.29 is 14.9 Å². The van der Waals surface area contributed by atoms with Crippen LogP contribution < -0.4 is 0 Å². The van der Waals surface area contributed by atoms with Gasteiger partial charge in [0.2, 0.25) is 0 Å². The summed E-state index contributed by atoms with van der Waals surface area (Å²) in [5, 5.41) is 19.2. The molecule has 64 valence electrons. The number of hydrogen-bond donors (Lipinski definition) is 2. The van der Waals surface area contributed by atoms with E-state index in [1.54, 1.807) is 29.5 Å². The van der Waals surface area contributed by atoms with E-state index in [1.807, 2.05) is 0 Å². The summed E-state index contributed by atoms with van der Waals surface area (Å²) in [5.74, 6) is 2.44. The molecule has 4 atom stereocenters. The van der Waals surface area contributed by atoms with Gasteiger partial charge in [-0.2, -0.15) is 0 Å². The average Bonchev–Trinajstić information content (AvgIpc) is 2.17. The molecule has 0 bridgehead atoms. The average molecular weight is 278 g/mol. The third-order valence-corrected chi connectivity index (χ3v) is 2.21. The quantitative estimate of drug-likeness (QED) is 0.353. The van der Waals surface area contributed by atoms with Crippen LogP contribution in [0.3, 0.4) is 0 Å². The zero-order chi connectivity index (χ0) is 9.35. The molecule has 1 aliphatic rings. The van der Waals surface area contributed by atoms with Crippen LogP contribution in [0.25, 0.3) is 0 Å². The highest BCUT2D eigenvalue weighted by molar-refractivity contribution is 14.1. The van der Waals surface area contributed by atoms with Crippen molar-refractivity contribution in [3.05, 3.63) is 0 Å². The lowest BCUT2D eigenvalue weighted by molar-refractivity contribution is -0.0109. The van der Waals surface area contributed by atoms with Gasteiger partial charge < -0.3 is 14.9 Å². The second-order valence-corrected chi connectivity index (χ2v) is 3.29. The van der Waals surface area contributed by atoms with E-state index in [1.165, 1.54) is 0 Å². The SMILES string of the molecule is [B][C@@H]1O[C@H](C)[C@@H](O)[C@]1(O)C#CI. The normalized spacial score (nSPS) is 46.8. The van der Waals surface area contributed by atoms with Crippen molar-refractivity contribution in [1.29, 1.82) is 0 Å². The maximum absolute atomic E-state index is 9.72. The van der Waals surface area contributed by atoms with Crippen LogP contribution in [-0.2, 0) is 4.74 Å². The van der Waals surface area contributed by atoms with Crippen LogP contribution in [-0.4, -0.2) is 41.9 Å². The number of halogens is 1. The standard InChI is InChI=1S/C7H8BIO3/c1-4-5(10)7(11,2-3-9)6(8)12-4/h4-6,10-11H,1H3/t4-,5-,6-,7-/m1/s1. The predicted octanol–water partition coefficient (Wildman–Crippen LogP) is -0.612. The highest BCUT2D eigenvalue weighted by Gasteiger charge is 2.50. The van der Waals surface area contributed by atoms with Gasteiger partial charge >= 0.3 is 0 Å². The van der Waals surface area contributed by atoms with Crippen molar-refractivity contribution in [2.24, 2.45) is 0 Å². The van der Waals surface area contributed by atoms with Crippen LogP contribution in [0.2, 0.25) is 0 Å². The molecule has 0 aromatic heterocycles. The summed E-state index contributed by atoms with van der Waals surface area (Å²) >= 11 is 1.77. The van der Waals surface area contributed by atoms with Crippen molar-refractivity contribution in [1.82, 2.24) is 0 Å². The molecule has 0 unspecified atom stereocenters. The van der Waals surface area contributed by atoms with Gasteiger partial charge in [-0.3, -0.25) is 0 Å². The topological polar surface area (TPSA) is 49.7 Å². The molecule has 5 heteroatoms. The van der Waals surface area contributed by atoms with Crippen LogP contribution in [0.15, 0.2) is 0 Å². The molecule has 0 amide bonds. The fraction of sp³-hybridized carbons (Fsp3) is 0.714. The number of aliphatic hydroxyl groups excluding tert-OH is 1. The number of rotatable bonds is 0. The van der Waals surface area contributed by atoms with E-state index in [9.17, 15) is 10.2 Å². The third-order valence-electron chi connectivity index (χ3n) is 1.94. The monoisotopic (exact) mass is 278 g/mol. The first-order chi connectivity index (χ1) is 5.52. The van der Waals surface area contributed by atoms with Crippen molar-refractivity contribution in [3.63, 3.8) is 0 Å². The van der Waals surface area contributed by atoms with Gasteiger partial charge in [0.05, 0.1) is 12.1 Å². The van der Waals surface area contributed by atoms with E-state index in [4.69, 9.17) is 12.6 Å². The molecule has 2 radical (unpaired) electrons. The number of hydrogen-bond acceptors (Lipinski definition) is 3. The Morgan fingerprint density at radius 1 is 1.67 bits per heavy atom. The fourth-order valence-corrected chi connectivity index (χ4v) is 1.59. The zero-order valence-corrected chi connectivity index (χ0v) is 8.65. The summed E-state index contributed by atoms with van der Waals surface area (Å²) in [5.41, 5.74) is -1.62. The van der Waals surface area contributed by atoms with Gasteiger partial charge in [0.1, 0.15) is 14.0 Å². The maximum atomic E-state index is 9.72. The maximum Gasteiger partial charge on any atom is 0.171 e. The van der Waals surface area contributed by atoms with E-state index in [-0.39, 0.29) is 0 Å². The van der Waals surface area contributed by atoms with Gasteiger partial charge in [-0.25, -0.2) is 0 Å². The molecular formula is C7H8BIO3. The Bertz CT molecular complexity index is 237. The van der Waals surface area contributed by atoms with Crippen molar-refractivity contribution >= 4 is 30.4 Å². The summed E-state index contributed by atoms with van der Waals surface area (Å²) in [4.78, 5) is 0. The Morgan fingerprint density at radius 3 is 2.58 bits per heavy atom. The lowest BCUT2D eigenvalue weighted by Gasteiger charge is -2.22. The minimum atomic E-state index is -1.62. The third kappa shape index (κ3) is 1.49. The second kappa shape index (κ2) is 3.54. The fourth-order valence-electron chi connectivity index (χ4n) is 1.16. The van der Waals surface area contributed by atoms with E-state index >= 15 is 0 Å². The lowest BCUT2D eigenvalue weighted by Crippen LogP contribution is -2.46. The predicted molar refractivity (Wildman–Crippen MR) is 52.8 cm³/mol. The number of ether oxygens (including phenoxy) is 1. The molecule has 1 saturated heterocycles. The first-order valence-electron chi connectivity index (χ1n) is 3.46. The van der Waals surface area contributed by atoms with E-state index < -0.39 is 23.8 Å². The molecule has 1 rings (SSSR count). The smallest absolute Gasteiger partial charge is 0.171 e. The highest BCUT2D eigenvalue weighted by atomic mass is 127. The molecule has 12 heavy (non-hydrogen) atoms. The molecule has 0 saturated carbocycles. The van der Waals surface area contributed by atoms with Gasteiger partial charge in [0.15, 0.2) is 5.60 Å². The Kier molecular flexibility index (Phi) is 3.04. The van der Waals surface area contributed by atoms with E-state index in [2.05, 4.69) is 9.85 Å². The summed E-state index contributed by atoms with van der Waals surface area (Å²) in [7, 11) is 5.44. The molecule has 0 spiro atoms. The lowest BCUT2D eigenvalue weighted by atomic mass is 9.81. The van der Waals surface area contributed by atoms with Gasteiger partial charge in [-0.15, -0.1) is 0 Å². The van der Waals surface area contributed by atoms with Crippen molar-refractivity contribution in [2.75, 3.05) is 0 Å². The summed E-state index contributed by atoms with van der Waals surface area (Å²) in [6.45, 7) is 1.64. The van der Waals surface area contributed by atoms with Gasteiger partial charge in [0, 0.05) is 22.6 Å². The van der Waals surface area contributed by atoms with Crippen LogP contribution in [0.4, 0.5) is 0 Å². The molecule has 1 aliphatic heterocycles. The minimum absolute atomic E-state index is 0.484. The Morgan fingerprint density at radius 2 is 2.25 bits per heavy atom. The van der Waals surface area contributed by atoms with Gasteiger partial charge in [0.25, 0.3) is 0 Å². The molecule has 3 nitrogen and oxygen atoms in total. The number of aliphatic hydroxyl groups is 2. The molecule has 1 fully saturated rings. The van der Waals surface area contributed by atoms with E-state index in [0.29, 0.717) is 0 Å². The molecule has 0 aliphatic carbocycles. The Labute approximate surface area is 86.0 Å².